The average Bonchev–Trinajstić information content (AvgIpc) is 2.67. The first-order valence-corrected chi connectivity index (χ1v) is 8.42. The molecule has 0 saturated carbocycles. The van der Waals surface area contributed by atoms with Crippen LogP contribution in [-0.4, -0.2) is 59.7 Å². The maximum absolute atomic E-state index is 12.7. The van der Waals surface area contributed by atoms with Crippen LogP contribution in [-0.2, 0) is 4.79 Å². The number of anilines is 1. The summed E-state index contributed by atoms with van der Waals surface area (Å²) in [6, 6.07) is 9.33. The number of carbonyl (C=O) groups excluding carboxylic acids is 1. The van der Waals surface area contributed by atoms with E-state index >= 15 is 0 Å². The zero-order valence-corrected chi connectivity index (χ0v) is 14.1. The van der Waals surface area contributed by atoms with Gasteiger partial charge in [0.1, 0.15) is 18.2 Å². The molecule has 2 aliphatic heterocycles. The van der Waals surface area contributed by atoms with E-state index in [9.17, 15) is 4.79 Å². The van der Waals surface area contributed by atoms with Crippen LogP contribution in [0.5, 0.6) is 11.5 Å². The van der Waals surface area contributed by atoms with Crippen LogP contribution in [0.25, 0.3) is 0 Å². The van der Waals surface area contributed by atoms with Gasteiger partial charge >= 0.3 is 0 Å². The van der Waals surface area contributed by atoms with Crippen LogP contribution in [0.3, 0.4) is 0 Å². The molecule has 0 bridgehead atoms. The van der Waals surface area contributed by atoms with E-state index in [1.807, 2.05) is 42.2 Å². The second-order valence-corrected chi connectivity index (χ2v) is 6.14. The Kier molecular flexibility index (Phi) is 4.13. The molecule has 0 spiro atoms. The molecule has 1 saturated heterocycles. The van der Waals surface area contributed by atoms with Gasteiger partial charge in [-0.3, -0.25) is 4.79 Å². The third-order valence-electron chi connectivity index (χ3n) is 4.46. The highest BCUT2D eigenvalue weighted by molar-refractivity contribution is 5.82. The lowest BCUT2D eigenvalue weighted by Crippen LogP contribution is -2.54. The van der Waals surface area contributed by atoms with E-state index in [1.165, 1.54) is 0 Å². The number of benzene rings is 1. The van der Waals surface area contributed by atoms with E-state index in [2.05, 4.69) is 14.9 Å². The highest BCUT2D eigenvalue weighted by atomic mass is 16.6. The van der Waals surface area contributed by atoms with Crippen LogP contribution >= 0.6 is 0 Å². The van der Waals surface area contributed by atoms with E-state index in [1.54, 1.807) is 6.20 Å². The SMILES string of the molecule is Cc1nccc(N2CCN(C(=O)C3COc4ccccc4O3)CC2)n1. The molecular weight excluding hydrogens is 320 g/mol. The summed E-state index contributed by atoms with van der Waals surface area (Å²) in [7, 11) is 0. The molecule has 0 radical (unpaired) electrons. The molecule has 7 heteroatoms. The van der Waals surface area contributed by atoms with Gasteiger partial charge in [-0.2, -0.15) is 0 Å². The smallest absolute Gasteiger partial charge is 0.267 e. The van der Waals surface area contributed by atoms with Gasteiger partial charge in [0.25, 0.3) is 5.91 Å². The molecule has 2 aliphatic rings. The van der Waals surface area contributed by atoms with E-state index in [0.29, 0.717) is 24.6 Å². The van der Waals surface area contributed by atoms with Gasteiger partial charge < -0.3 is 19.3 Å². The Bertz CT molecular complexity index is 774. The number of amides is 1. The van der Waals surface area contributed by atoms with Crippen molar-refractivity contribution in [3.8, 4) is 11.5 Å². The van der Waals surface area contributed by atoms with Crippen LogP contribution in [0.2, 0.25) is 0 Å². The number of hydrogen-bond donors (Lipinski definition) is 0. The van der Waals surface area contributed by atoms with E-state index < -0.39 is 6.10 Å². The van der Waals surface area contributed by atoms with Crippen molar-refractivity contribution in [1.29, 1.82) is 0 Å². The van der Waals surface area contributed by atoms with Crippen molar-refractivity contribution in [3.05, 3.63) is 42.4 Å². The summed E-state index contributed by atoms with van der Waals surface area (Å²) in [5.74, 6) is 2.96. The number of nitrogens with zero attached hydrogens (tertiary/aromatic N) is 4. The van der Waals surface area contributed by atoms with Crippen molar-refractivity contribution in [2.24, 2.45) is 0 Å². The normalized spacial score (nSPS) is 19.6. The van der Waals surface area contributed by atoms with Gasteiger partial charge in [-0.25, -0.2) is 9.97 Å². The van der Waals surface area contributed by atoms with Crippen molar-refractivity contribution in [1.82, 2.24) is 14.9 Å². The van der Waals surface area contributed by atoms with Gasteiger partial charge in [0.15, 0.2) is 11.5 Å². The van der Waals surface area contributed by atoms with Gasteiger partial charge in [0, 0.05) is 32.4 Å². The predicted octanol–water partition coefficient (Wildman–Crippen LogP) is 1.27. The van der Waals surface area contributed by atoms with Gasteiger partial charge in [-0.05, 0) is 25.1 Å². The first-order chi connectivity index (χ1) is 12.2. The van der Waals surface area contributed by atoms with Crippen molar-refractivity contribution in [2.75, 3.05) is 37.7 Å². The number of fused-ring (bicyclic) bond motifs is 1. The zero-order valence-electron chi connectivity index (χ0n) is 14.1. The number of aryl methyl sites for hydroxylation is 1. The standard InChI is InChI=1S/C18H20N4O3/c1-13-19-7-6-17(20-13)21-8-10-22(11-9-21)18(23)16-12-24-14-4-2-3-5-15(14)25-16/h2-7,16H,8-12H2,1H3. The minimum absolute atomic E-state index is 0.0204. The molecule has 1 amide bonds. The van der Waals surface area contributed by atoms with Crippen LogP contribution in [0.1, 0.15) is 5.82 Å². The fraction of sp³-hybridized carbons (Fsp3) is 0.389. The second-order valence-electron chi connectivity index (χ2n) is 6.14. The number of piperazine rings is 1. The first-order valence-electron chi connectivity index (χ1n) is 8.42. The van der Waals surface area contributed by atoms with E-state index in [0.717, 1.165) is 24.7 Å². The monoisotopic (exact) mass is 340 g/mol. The number of carbonyl (C=O) groups is 1. The van der Waals surface area contributed by atoms with Crippen LogP contribution in [0.4, 0.5) is 5.82 Å². The molecule has 2 aromatic rings. The molecule has 1 unspecified atom stereocenters. The quantitative estimate of drug-likeness (QED) is 0.820. The summed E-state index contributed by atoms with van der Waals surface area (Å²) in [4.78, 5) is 25.3. The lowest BCUT2D eigenvalue weighted by Gasteiger charge is -2.37. The molecule has 1 aromatic carbocycles. The van der Waals surface area contributed by atoms with Gasteiger partial charge in [0.2, 0.25) is 6.10 Å². The van der Waals surface area contributed by atoms with Gasteiger partial charge in [-0.1, -0.05) is 12.1 Å². The maximum atomic E-state index is 12.7. The minimum atomic E-state index is -0.581. The molecule has 25 heavy (non-hydrogen) atoms. The molecule has 1 atom stereocenters. The Labute approximate surface area is 146 Å². The first kappa shape index (κ1) is 15.7. The zero-order chi connectivity index (χ0) is 17.2. The fourth-order valence-corrected chi connectivity index (χ4v) is 3.12. The molecule has 7 nitrogen and oxygen atoms in total. The third kappa shape index (κ3) is 3.22. The molecular formula is C18H20N4O3. The Balaban J connectivity index is 1.37. The number of para-hydroxylation sites is 2. The molecule has 4 rings (SSSR count). The number of aromatic nitrogens is 2. The average molecular weight is 340 g/mol. The van der Waals surface area contributed by atoms with Crippen molar-refractivity contribution in [3.63, 3.8) is 0 Å². The number of hydrogen-bond acceptors (Lipinski definition) is 6. The summed E-state index contributed by atoms with van der Waals surface area (Å²) in [6.07, 6.45) is 1.18. The Morgan fingerprint density at radius 1 is 1.12 bits per heavy atom. The van der Waals surface area contributed by atoms with E-state index in [4.69, 9.17) is 9.47 Å². The van der Waals surface area contributed by atoms with Crippen molar-refractivity contribution in [2.45, 2.75) is 13.0 Å². The number of rotatable bonds is 2. The Morgan fingerprint density at radius 2 is 1.88 bits per heavy atom. The highest BCUT2D eigenvalue weighted by Crippen LogP contribution is 2.31. The lowest BCUT2D eigenvalue weighted by atomic mass is 10.2. The summed E-state index contributed by atoms with van der Waals surface area (Å²) in [6.45, 7) is 4.90. The van der Waals surface area contributed by atoms with Crippen LogP contribution < -0.4 is 14.4 Å². The summed E-state index contributed by atoms with van der Waals surface area (Å²) < 4.78 is 11.5. The van der Waals surface area contributed by atoms with Gasteiger partial charge in [-0.15, -0.1) is 0 Å². The summed E-state index contributed by atoms with van der Waals surface area (Å²) in [5, 5.41) is 0. The Hall–Kier alpha value is -2.83. The van der Waals surface area contributed by atoms with Gasteiger partial charge in [0.05, 0.1) is 0 Å². The highest BCUT2D eigenvalue weighted by Gasteiger charge is 2.32. The topological polar surface area (TPSA) is 67.8 Å². The molecule has 130 valence electrons. The van der Waals surface area contributed by atoms with E-state index in [-0.39, 0.29) is 12.5 Å². The van der Waals surface area contributed by atoms with Crippen LogP contribution in [0.15, 0.2) is 36.5 Å². The summed E-state index contributed by atoms with van der Waals surface area (Å²) in [5.41, 5.74) is 0. The fourth-order valence-electron chi connectivity index (χ4n) is 3.12. The van der Waals surface area contributed by atoms with Crippen molar-refractivity contribution >= 4 is 11.7 Å². The third-order valence-corrected chi connectivity index (χ3v) is 4.46. The molecule has 1 aromatic heterocycles. The molecule has 3 heterocycles. The second kappa shape index (κ2) is 6.58. The number of ether oxygens (including phenoxy) is 2. The lowest BCUT2D eigenvalue weighted by molar-refractivity contribution is -0.141. The molecule has 0 aliphatic carbocycles. The molecule has 1 fully saturated rings. The summed E-state index contributed by atoms with van der Waals surface area (Å²) >= 11 is 0. The maximum Gasteiger partial charge on any atom is 0.267 e. The molecule has 0 N–H and O–H groups in total. The largest absolute Gasteiger partial charge is 0.485 e. The predicted molar refractivity (Wildman–Crippen MR) is 91.9 cm³/mol. The van der Waals surface area contributed by atoms with Crippen LogP contribution in [0, 0.1) is 6.92 Å². The van der Waals surface area contributed by atoms with Crippen molar-refractivity contribution < 1.29 is 14.3 Å². The Morgan fingerprint density at radius 3 is 2.64 bits per heavy atom. The minimum Gasteiger partial charge on any atom is -0.485 e.